The van der Waals surface area contributed by atoms with Crippen molar-refractivity contribution in [2.75, 3.05) is 6.61 Å². The van der Waals surface area contributed by atoms with E-state index in [-0.39, 0.29) is 6.61 Å². The largest absolute Gasteiger partial charge is 0.463 e. The molecule has 12 nitrogen and oxygen atoms in total. The summed E-state index contributed by atoms with van der Waals surface area (Å²) in [5.74, 6) is -1.26. The predicted molar refractivity (Wildman–Crippen MR) is 133 cm³/mol. The Labute approximate surface area is 213 Å². The Balaban J connectivity index is 2.04. The van der Waals surface area contributed by atoms with Crippen molar-refractivity contribution < 1.29 is 28.7 Å². The Hall–Kier alpha value is -4.48. The average molecular weight is 512 g/mol. The fourth-order valence-electron chi connectivity index (χ4n) is 3.42. The first-order valence-electron chi connectivity index (χ1n) is 11.5. The number of aryl methyl sites for hydroxylation is 1. The fraction of sp³-hybridized carbons (Fsp3) is 0.360. The lowest BCUT2D eigenvalue weighted by molar-refractivity contribution is -0.386. The van der Waals surface area contributed by atoms with Crippen molar-refractivity contribution in [3.8, 4) is 17.0 Å². The van der Waals surface area contributed by atoms with Gasteiger partial charge in [-0.15, -0.1) is 0 Å². The zero-order valence-corrected chi connectivity index (χ0v) is 21.2. The van der Waals surface area contributed by atoms with E-state index in [1.807, 2.05) is 0 Å². The number of hydrogen-bond acceptors (Lipinski definition) is 9. The van der Waals surface area contributed by atoms with Crippen LogP contribution in [0, 0.1) is 10.1 Å². The number of nitrogens with one attached hydrogen (secondary N) is 1. The maximum absolute atomic E-state index is 13.1. The Kier molecular flexibility index (Phi) is 8.43. The van der Waals surface area contributed by atoms with Gasteiger partial charge in [0.15, 0.2) is 0 Å². The van der Waals surface area contributed by atoms with Crippen LogP contribution in [0.3, 0.4) is 0 Å². The number of benzene rings is 1. The number of pyridine rings is 1. The molecule has 1 amide bonds. The van der Waals surface area contributed by atoms with Gasteiger partial charge in [-0.3, -0.25) is 14.8 Å². The van der Waals surface area contributed by atoms with Crippen molar-refractivity contribution in [2.24, 2.45) is 7.05 Å². The highest BCUT2D eigenvalue weighted by atomic mass is 16.6. The number of nitrogens with zero attached hydrogens (tertiary/aromatic N) is 4. The van der Waals surface area contributed by atoms with Crippen LogP contribution in [0.4, 0.5) is 10.5 Å². The molecule has 0 aliphatic rings. The molecule has 196 valence electrons. The quantitative estimate of drug-likeness (QED) is 0.256. The third-order valence-electron chi connectivity index (χ3n) is 4.96. The van der Waals surface area contributed by atoms with Crippen molar-refractivity contribution >= 4 is 17.7 Å². The molecule has 0 fully saturated rings. The monoisotopic (exact) mass is 511 g/mol. The summed E-state index contributed by atoms with van der Waals surface area (Å²) in [6.45, 7) is 6.71. The number of aromatic nitrogens is 3. The average Bonchev–Trinajstić information content (AvgIpc) is 3.27. The summed E-state index contributed by atoms with van der Waals surface area (Å²) in [5.41, 5.74) is 0.251. The Morgan fingerprint density at radius 1 is 1.16 bits per heavy atom. The maximum atomic E-state index is 13.1. The SMILES string of the molecule is CCOC(=O)C(Oc1ncc(-c2cnn(C)c2)cc1[N+](=O)[O-])C(NC(=O)OC(C)(C)C)c1ccccc1. The summed E-state index contributed by atoms with van der Waals surface area (Å²) in [4.78, 5) is 41.1. The predicted octanol–water partition coefficient (Wildman–Crippen LogP) is 3.97. The molecule has 0 radical (unpaired) electrons. The highest BCUT2D eigenvalue weighted by Gasteiger charge is 2.37. The number of hydrogen-bond donors (Lipinski definition) is 1. The minimum Gasteiger partial charge on any atom is -0.463 e. The number of carbonyl (C=O) groups is 2. The van der Waals surface area contributed by atoms with Crippen molar-refractivity contribution in [1.29, 1.82) is 0 Å². The molecule has 0 aliphatic heterocycles. The number of nitro groups is 1. The van der Waals surface area contributed by atoms with Crippen molar-refractivity contribution in [3.05, 3.63) is 70.7 Å². The molecule has 3 aromatic rings. The van der Waals surface area contributed by atoms with E-state index < -0.39 is 46.3 Å². The first kappa shape index (κ1) is 27.1. The minimum atomic E-state index is -1.52. The minimum absolute atomic E-state index is 0.0160. The topological polar surface area (TPSA) is 148 Å². The third kappa shape index (κ3) is 7.26. The van der Waals surface area contributed by atoms with Crippen LogP contribution in [0.2, 0.25) is 0 Å². The van der Waals surface area contributed by atoms with Crippen LogP contribution in [-0.4, -0.2) is 50.1 Å². The van der Waals surface area contributed by atoms with Crippen molar-refractivity contribution in [3.63, 3.8) is 0 Å². The Morgan fingerprint density at radius 3 is 2.43 bits per heavy atom. The molecule has 3 rings (SSSR count). The van der Waals surface area contributed by atoms with E-state index in [4.69, 9.17) is 14.2 Å². The second-order valence-electron chi connectivity index (χ2n) is 9.03. The summed E-state index contributed by atoms with van der Waals surface area (Å²) < 4.78 is 18.0. The molecule has 12 heteroatoms. The molecule has 1 N–H and O–H groups in total. The molecule has 2 aromatic heterocycles. The number of carbonyl (C=O) groups excluding carboxylic acids is 2. The summed E-state index contributed by atoms with van der Waals surface area (Å²) >= 11 is 0. The van der Waals surface area contributed by atoms with Gasteiger partial charge in [0, 0.05) is 36.6 Å². The Bertz CT molecular complexity index is 1250. The van der Waals surface area contributed by atoms with Crippen LogP contribution >= 0.6 is 0 Å². The van der Waals surface area contributed by atoms with E-state index in [1.54, 1.807) is 82.1 Å². The van der Waals surface area contributed by atoms with E-state index in [9.17, 15) is 19.7 Å². The molecule has 2 unspecified atom stereocenters. The second-order valence-corrected chi connectivity index (χ2v) is 9.03. The molecule has 37 heavy (non-hydrogen) atoms. The van der Waals surface area contributed by atoms with Crippen LogP contribution < -0.4 is 10.1 Å². The summed E-state index contributed by atoms with van der Waals surface area (Å²) in [6, 6.07) is 8.69. The van der Waals surface area contributed by atoms with Gasteiger partial charge in [0.25, 0.3) is 5.88 Å². The lowest BCUT2D eigenvalue weighted by Gasteiger charge is -2.28. The van der Waals surface area contributed by atoms with Gasteiger partial charge in [0.05, 0.1) is 17.7 Å². The molecule has 0 spiro atoms. The second kappa shape index (κ2) is 11.5. The smallest absolute Gasteiger partial charge is 0.408 e. The molecule has 0 bridgehead atoms. The zero-order valence-electron chi connectivity index (χ0n) is 21.2. The van der Waals surface area contributed by atoms with Gasteiger partial charge in [0.1, 0.15) is 11.6 Å². The van der Waals surface area contributed by atoms with Gasteiger partial charge < -0.3 is 19.5 Å². The van der Waals surface area contributed by atoms with Crippen LogP contribution in [0.1, 0.15) is 39.3 Å². The summed E-state index contributed by atoms with van der Waals surface area (Å²) in [6.07, 6.45) is 2.26. The van der Waals surface area contributed by atoms with Gasteiger partial charge in [0.2, 0.25) is 6.10 Å². The van der Waals surface area contributed by atoms with Crippen molar-refractivity contribution in [1.82, 2.24) is 20.1 Å². The molecule has 2 heterocycles. The van der Waals surface area contributed by atoms with E-state index in [0.717, 1.165) is 0 Å². The van der Waals surface area contributed by atoms with E-state index >= 15 is 0 Å². The first-order valence-corrected chi connectivity index (χ1v) is 11.5. The first-order chi connectivity index (χ1) is 17.5. The molecule has 0 saturated heterocycles. The van der Waals surface area contributed by atoms with E-state index in [0.29, 0.717) is 16.7 Å². The number of alkyl carbamates (subject to hydrolysis) is 1. The van der Waals surface area contributed by atoms with Crippen LogP contribution in [0.15, 0.2) is 55.0 Å². The maximum Gasteiger partial charge on any atom is 0.408 e. The molecular formula is C25H29N5O7. The number of esters is 1. The zero-order chi connectivity index (χ0) is 27.2. The van der Waals surface area contributed by atoms with Crippen LogP contribution in [-0.2, 0) is 21.3 Å². The molecule has 1 aromatic carbocycles. The molecule has 2 atom stereocenters. The fourth-order valence-corrected chi connectivity index (χ4v) is 3.42. The van der Waals surface area contributed by atoms with Gasteiger partial charge in [-0.25, -0.2) is 14.6 Å². The van der Waals surface area contributed by atoms with Gasteiger partial charge in [-0.05, 0) is 33.3 Å². The number of ether oxygens (including phenoxy) is 3. The lowest BCUT2D eigenvalue weighted by Crippen LogP contribution is -2.46. The van der Waals surface area contributed by atoms with Crippen molar-refractivity contribution in [2.45, 2.75) is 45.4 Å². The highest BCUT2D eigenvalue weighted by Crippen LogP contribution is 2.32. The van der Waals surface area contributed by atoms with E-state index in [2.05, 4.69) is 15.4 Å². The third-order valence-corrected chi connectivity index (χ3v) is 4.96. The van der Waals surface area contributed by atoms with E-state index in [1.165, 1.54) is 12.3 Å². The van der Waals surface area contributed by atoms with Gasteiger partial charge in [-0.2, -0.15) is 5.10 Å². The molecular weight excluding hydrogens is 482 g/mol. The highest BCUT2D eigenvalue weighted by molar-refractivity contribution is 5.78. The number of rotatable bonds is 9. The normalized spacial score (nSPS) is 12.8. The lowest BCUT2D eigenvalue weighted by atomic mass is 10.0. The van der Waals surface area contributed by atoms with Crippen LogP contribution in [0.5, 0.6) is 5.88 Å². The van der Waals surface area contributed by atoms with Gasteiger partial charge in [-0.1, -0.05) is 30.3 Å². The number of amides is 1. The summed E-state index contributed by atoms with van der Waals surface area (Å²) in [5, 5.41) is 18.6. The Morgan fingerprint density at radius 2 is 1.86 bits per heavy atom. The summed E-state index contributed by atoms with van der Waals surface area (Å²) in [7, 11) is 1.72. The van der Waals surface area contributed by atoms with Gasteiger partial charge >= 0.3 is 17.7 Å². The molecule has 0 aliphatic carbocycles. The van der Waals surface area contributed by atoms with Crippen LogP contribution in [0.25, 0.3) is 11.1 Å². The molecule has 0 saturated carbocycles. The standard InChI is InChI=1S/C25H29N5O7/c1-6-35-23(31)21(20(16-10-8-7-9-11-16)28-24(32)37-25(2,3)4)36-22-19(30(33)34)12-17(13-26-22)18-14-27-29(5)15-18/h7-15,20-21H,6H2,1-5H3,(H,28,32).